The molecule has 0 amide bonds. The van der Waals surface area contributed by atoms with E-state index in [1.165, 1.54) is 0 Å². The van der Waals surface area contributed by atoms with E-state index < -0.39 is 0 Å². The van der Waals surface area contributed by atoms with Gasteiger partial charge in [-0.15, -0.1) is 5.10 Å². The summed E-state index contributed by atoms with van der Waals surface area (Å²) in [5.41, 5.74) is 2.08. The van der Waals surface area contributed by atoms with Crippen LogP contribution in [0.5, 0.6) is 11.5 Å². The van der Waals surface area contributed by atoms with Crippen LogP contribution >= 0.6 is 11.8 Å². The van der Waals surface area contributed by atoms with Gasteiger partial charge in [0.25, 0.3) is 0 Å². The number of nitrogens with one attached hydrogen (secondary N) is 1. The quantitative estimate of drug-likeness (QED) is 0.303. The monoisotopic (exact) mass is 397 g/mol. The van der Waals surface area contributed by atoms with E-state index in [1.54, 1.807) is 29.6 Å². The number of para-hydroxylation sites is 1. The van der Waals surface area contributed by atoms with E-state index in [0.717, 1.165) is 46.7 Å². The number of hydrogen-bond donors (Lipinski definition) is 1. The van der Waals surface area contributed by atoms with Gasteiger partial charge in [-0.2, -0.15) is 4.68 Å². The highest BCUT2D eigenvalue weighted by Crippen LogP contribution is 2.28. The first-order valence-electron chi connectivity index (χ1n) is 8.89. The summed E-state index contributed by atoms with van der Waals surface area (Å²) in [5.74, 6) is 2.29. The van der Waals surface area contributed by atoms with Gasteiger partial charge >= 0.3 is 0 Å². The zero-order chi connectivity index (χ0) is 19.6. The summed E-state index contributed by atoms with van der Waals surface area (Å²) in [6.07, 6.45) is 1.71. The van der Waals surface area contributed by atoms with Crippen LogP contribution < -0.4 is 14.8 Å². The minimum atomic E-state index is 0.452. The number of thioether (sulfide) groups is 1. The topological polar surface area (TPSA) is 74.1 Å². The van der Waals surface area contributed by atoms with E-state index in [0.29, 0.717) is 6.61 Å². The maximum atomic E-state index is 5.58. The molecule has 28 heavy (non-hydrogen) atoms. The van der Waals surface area contributed by atoms with Crippen LogP contribution in [0.15, 0.2) is 66.3 Å². The lowest BCUT2D eigenvalue weighted by Gasteiger charge is -2.11. The Morgan fingerprint density at radius 3 is 2.82 bits per heavy atom. The third kappa shape index (κ3) is 5.34. The largest absolute Gasteiger partial charge is 0.493 e. The number of methoxy groups -OCH3 is 1. The number of hydrogen-bond acceptors (Lipinski definition) is 7. The van der Waals surface area contributed by atoms with Crippen molar-refractivity contribution < 1.29 is 9.47 Å². The summed E-state index contributed by atoms with van der Waals surface area (Å²) in [4.78, 5) is 0. The van der Waals surface area contributed by atoms with Gasteiger partial charge in [-0.1, -0.05) is 48.7 Å². The summed E-state index contributed by atoms with van der Waals surface area (Å²) in [7, 11) is 1.64. The van der Waals surface area contributed by atoms with Crippen LogP contribution in [0, 0.1) is 0 Å². The molecular formula is C20H23N5O2S. The molecule has 1 aromatic heterocycles. The zero-order valence-electron chi connectivity index (χ0n) is 15.7. The zero-order valence-corrected chi connectivity index (χ0v) is 16.6. The van der Waals surface area contributed by atoms with Crippen molar-refractivity contribution in [1.82, 2.24) is 25.5 Å². The number of ether oxygens (including phenoxy) is 2. The Bertz CT molecular complexity index is 885. The summed E-state index contributed by atoms with van der Waals surface area (Å²) >= 11 is 1.61. The summed E-state index contributed by atoms with van der Waals surface area (Å²) in [6, 6.07) is 15.8. The molecule has 0 aliphatic rings. The molecule has 0 atom stereocenters. The fourth-order valence-corrected chi connectivity index (χ4v) is 3.32. The highest BCUT2D eigenvalue weighted by molar-refractivity contribution is 7.99. The Labute approximate surface area is 168 Å². The SMILES string of the molecule is C=CCOc1ccc(CNCCSc2nnnn2-c2ccccc2)cc1OC. The van der Waals surface area contributed by atoms with Crippen molar-refractivity contribution in [3.63, 3.8) is 0 Å². The van der Waals surface area contributed by atoms with Crippen molar-refractivity contribution in [2.75, 3.05) is 26.0 Å². The number of tetrazole rings is 1. The second-order valence-electron chi connectivity index (χ2n) is 5.82. The third-order valence-corrected chi connectivity index (χ3v) is 4.79. The van der Waals surface area contributed by atoms with Crippen molar-refractivity contribution in [1.29, 1.82) is 0 Å². The molecule has 0 radical (unpaired) electrons. The predicted octanol–water partition coefficient (Wildman–Crippen LogP) is 3.12. The number of benzene rings is 2. The van der Waals surface area contributed by atoms with Gasteiger partial charge in [0.05, 0.1) is 12.8 Å². The van der Waals surface area contributed by atoms with Gasteiger partial charge in [0, 0.05) is 18.8 Å². The normalized spacial score (nSPS) is 10.6. The molecule has 3 rings (SSSR count). The van der Waals surface area contributed by atoms with Gasteiger partial charge < -0.3 is 14.8 Å². The van der Waals surface area contributed by atoms with E-state index in [1.807, 2.05) is 48.5 Å². The summed E-state index contributed by atoms with van der Waals surface area (Å²) < 4.78 is 12.7. The Morgan fingerprint density at radius 1 is 1.18 bits per heavy atom. The number of rotatable bonds is 11. The van der Waals surface area contributed by atoms with E-state index in [-0.39, 0.29) is 0 Å². The molecule has 0 unspecified atom stereocenters. The lowest BCUT2D eigenvalue weighted by molar-refractivity contribution is 0.326. The highest BCUT2D eigenvalue weighted by atomic mass is 32.2. The Hall–Kier alpha value is -2.84. The van der Waals surface area contributed by atoms with Gasteiger partial charge in [0.2, 0.25) is 5.16 Å². The van der Waals surface area contributed by atoms with E-state index in [2.05, 4.69) is 27.4 Å². The first kappa shape index (κ1) is 19.9. The maximum Gasteiger partial charge on any atom is 0.214 e. The fraction of sp³-hybridized carbons (Fsp3) is 0.250. The molecule has 7 nitrogen and oxygen atoms in total. The summed E-state index contributed by atoms with van der Waals surface area (Å²) in [6.45, 7) is 5.67. The minimum Gasteiger partial charge on any atom is -0.493 e. The molecule has 0 spiro atoms. The molecule has 146 valence electrons. The van der Waals surface area contributed by atoms with Crippen LogP contribution in [0.1, 0.15) is 5.56 Å². The maximum absolute atomic E-state index is 5.58. The van der Waals surface area contributed by atoms with Crippen molar-refractivity contribution >= 4 is 11.8 Å². The van der Waals surface area contributed by atoms with Gasteiger partial charge in [0.1, 0.15) is 6.61 Å². The average Bonchev–Trinajstić information content (AvgIpc) is 3.21. The van der Waals surface area contributed by atoms with Crippen molar-refractivity contribution in [3.8, 4) is 17.2 Å². The smallest absolute Gasteiger partial charge is 0.214 e. The Morgan fingerprint density at radius 2 is 2.04 bits per heavy atom. The molecule has 8 heteroatoms. The molecule has 0 aliphatic carbocycles. The van der Waals surface area contributed by atoms with Crippen LogP contribution in [-0.2, 0) is 6.54 Å². The summed E-state index contributed by atoms with van der Waals surface area (Å²) in [5, 5.41) is 16.2. The standard InChI is InChI=1S/C20H23N5O2S/c1-3-12-27-18-10-9-16(14-19(18)26-2)15-21-11-13-28-20-22-23-24-25(20)17-7-5-4-6-8-17/h3-10,14,21H,1,11-13,15H2,2H3. The van der Waals surface area contributed by atoms with E-state index >= 15 is 0 Å². The predicted molar refractivity (Wildman–Crippen MR) is 110 cm³/mol. The number of aromatic nitrogens is 4. The molecule has 2 aromatic carbocycles. The lowest BCUT2D eigenvalue weighted by atomic mass is 10.2. The fourth-order valence-electron chi connectivity index (χ4n) is 2.54. The molecule has 3 aromatic rings. The van der Waals surface area contributed by atoms with Crippen molar-refractivity contribution in [2.24, 2.45) is 0 Å². The second kappa shape index (κ2) is 10.5. The Balaban J connectivity index is 1.47. The molecule has 0 aliphatic heterocycles. The van der Waals surface area contributed by atoms with Crippen LogP contribution in [0.2, 0.25) is 0 Å². The molecule has 0 bridgehead atoms. The first-order chi connectivity index (χ1) is 13.8. The molecule has 1 N–H and O–H groups in total. The van der Waals surface area contributed by atoms with Crippen LogP contribution in [0.3, 0.4) is 0 Å². The molecule has 0 fully saturated rings. The molecule has 0 saturated carbocycles. The number of nitrogens with zero attached hydrogens (tertiary/aromatic N) is 4. The van der Waals surface area contributed by atoms with E-state index in [9.17, 15) is 0 Å². The average molecular weight is 398 g/mol. The van der Waals surface area contributed by atoms with Gasteiger partial charge in [-0.05, 0) is 40.3 Å². The van der Waals surface area contributed by atoms with Crippen LogP contribution in [0.25, 0.3) is 5.69 Å². The van der Waals surface area contributed by atoms with E-state index in [4.69, 9.17) is 9.47 Å². The first-order valence-corrected chi connectivity index (χ1v) is 9.88. The molecule has 1 heterocycles. The Kier molecular flexibility index (Phi) is 7.45. The lowest BCUT2D eigenvalue weighted by Crippen LogP contribution is -2.17. The van der Waals surface area contributed by atoms with Crippen LogP contribution in [0.4, 0.5) is 0 Å². The van der Waals surface area contributed by atoms with Gasteiger partial charge in [-0.25, -0.2) is 0 Å². The van der Waals surface area contributed by atoms with Gasteiger partial charge in [0.15, 0.2) is 11.5 Å². The molecular weight excluding hydrogens is 374 g/mol. The van der Waals surface area contributed by atoms with Crippen molar-refractivity contribution in [3.05, 3.63) is 66.7 Å². The minimum absolute atomic E-state index is 0.452. The molecule has 0 saturated heterocycles. The second-order valence-corrected chi connectivity index (χ2v) is 6.88. The highest BCUT2D eigenvalue weighted by Gasteiger charge is 2.08. The van der Waals surface area contributed by atoms with Crippen LogP contribution in [-0.4, -0.2) is 46.2 Å². The third-order valence-electron chi connectivity index (χ3n) is 3.87. The van der Waals surface area contributed by atoms with Crippen molar-refractivity contribution in [2.45, 2.75) is 11.7 Å². The van der Waals surface area contributed by atoms with Gasteiger partial charge in [-0.3, -0.25) is 0 Å².